The first-order valence-corrected chi connectivity index (χ1v) is 12.2. The minimum atomic E-state index is -0.887. The monoisotopic (exact) mass is 509 g/mol. The standard InChI is InChI=1S/C30H31N5O3/c1-21(36)26(18-25-16-14-23(15-17-25)13-12-22-8-4-2-5-9-22)34-28(37)20-33-29(38)27(35-30(31)32)19-24-10-6-3-7-11-24/h2-11,14-17,26-27H,18-20H2,1H3,(H,33,38)(H,34,37)(H4,31,32,35)/t26-,27+/m0/s1. The minimum absolute atomic E-state index is 0.194. The summed E-state index contributed by atoms with van der Waals surface area (Å²) in [5.41, 5.74) is 14.5. The molecule has 0 saturated heterocycles. The number of ketones is 1. The van der Waals surface area contributed by atoms with Crippen LogP contribution in [0.25, 0.3) is 0 Å². The summed E-state index contributed by atoms with van der Waals surface area (Å²) in [6.45, 7) is 1.10. The van der Waals surface area contributed by atoms with Crippen LogP contribution in [0, 0.1) is 11.8 Å². The van der Waals surface area contributed by atoms with Crippen molar-refractivity contribution in [1.82, 2.24) is 10.6 Å². The molecule has 0 aliphatic rings. The predicted octanol–water partition coefficient (Wildman–Crippen LogP) is 1.70. The molecule has 0 spiro atoms. The van der Waals surface area contributed by atoms with Gasteiger partial charge in [0.25, 0.3) is 0 Å². The first-order valence-electron chi connectivity index (χ1n) is 12.2. The molecule has 0 heterocycles. The molecule has 3 aromatic carbocycles. The van der Waals surface area contributed by atoms with E-state index in [4.69, 9.17) is 11.5 Å². The normalized spacial score (nSPS) is 11.7. The summed E-state index contributed by atoms with van der Waals surface area (Å²) in [7, 11) is 0. The number of Topliss-reactive ketones (excluding diaryl/α,β-unsaturated/α-hetero) is 1. The summed E-state index contributed by atoms with van der Waals surface area (Å²) in [5.74, 6) is 4.80. The second-order valence-electron chi connectivity index (χ2n) is 8.73. The molecule has 2 amide bonds. The van der Waals surface area contributed by atoms with Gasteiger partial charge in [0, 0.05) is 17.5 Å². The molecular weight excluding hydrogens is 478 g/mol. The van der Waals surface area contributed by atoms with E-state index in [2.05, 4.69) is 27.5 Å². The van der Waals surface area contributed by atoms with Crippen molar-refractivity contribution >= 4 is 23.6 Å². The van der Waals surface area contributed by atoms with Gasteiger partial charge < -0.3 is 22.1 Å². The molecule has 0 unspecified atom stereocenters. The van der Waals surface area contributed by atoms with E-state index in [0.29, 0.717) is 6.42 Å². The summed E-state index contributed by atoms with van der Waals surface area (Å²) >= 11 is 0. The number of hydrogen-bond donors (Lipinski definition) is 4. The Balaban J connectivity index is 1.55. The zero-order chi connectivity index (χ0) is 27.3. The number of rotatable bonds is 10. The summed E-state index contributed by atoms with van der Waals surface area (Å²) in [6, 6.07) is 24.8. The van der Waals surface area contributed by atoms with Crippen LogP contribution in [0.4, 0.5) is 0 Å². The Morgan fingerprint density at radius 2 is 1.34 bits per heavy atom. The summed E-state index contributed by atoms with van der Waals surface area (Å²) < 4.78 is 0. The Morgan fingerprint density at radius 3 is 1.92 bits per heavy atom. The Bertz CT molecular complexity index is 1320. The highest BCUT2D eigenvalue weighted by Crippen LogP contribution is 2.09. The summed E-state index contributed by atoms with van der Waals surface area (Å²) in [4.78, 5) is 41.4. The van der Waals surface area contributed by atoms with Gasteiger partial charge in [0.05, 0.1) is 12.6 Å². The molecule has 0 bridgehead atoms. The van der Waals surface area contributed by atoms with Crippen molar-refractivity contribution in [2.45, 2.75) is 31.8 Å². The molecule has 194 valence electrons. The lowest BCUT2D eigenvalue weighted by molar-refractivity contribution is -0.128. The number of nitrogens with two attached hydrogens (primary N) is 2. The number of amides is 2. The van der Waals surface area contributed by atoms with E-state index >= 15 is 0 Å². The Kier molecular flexibility index (Phi) is 10.2. The van der Waals surface area contributed by atoms with Crippen molar-refractivity contribution in [3.05, 3.63) is 107 Å². The molecule has 0 radical (unpaired) electrons. The topological polar surface area (TPSA) is 140 Å². The largest absolute Gasteiger partial charge is 0.370 e. The van der Waals surface area contributed by atoms with E-state index in [-0.39, 0.29) is 24.7 Å². The number of nitrogens with one attached hydrogen (secondary N) is 2. The smallest absolute Gasteiger partial charge is 0.245 e. The van der Waals surface area contributed by atoms with Crippen LogP contribution in [0.2, 0.25) is 0 Å². The van der Waals surface area contributed by atoms with Crippen molar-refractivity contribution in [3.8, 4) is 11.8 Å². The van der Waals surface area contributed by atoms with Crippen LogP contribution in [0.1, 0.15) is 29.2 Å². The van der Waals surface area contributed by atoms with Crippen molar-refractivity contribution in [3.63, 3.8) is 0 Å². The molecule has 2 atom stereocenters. The first kappa shape index (κ1) is 27.7. The molecule has 38 heavy (non-hydrogen) atoms. The quantitative estimate of drug-likeness (QED) is 0.187. The van der Waals surface area contributed by atoms with Gasteiger partial charge >= 0.3 is 0 Å². The maximum atomic E-state index is 12.7. The van der Waals surface area contributed by atoms with E-state index in [1.807, 2.05) is 84.9 Å². The van der Waals surface area contributed by atoms with Gasteiger partial charge in [0.2, 0.25) is 11.8 Å². The molecule has 0 fully saturated rings. The molecule has 3 aromatic rings. The van der Waals surface area contributed by atoms with Crippen LogP contribution in [0.15, 0.2) is 89.9 Å². The third-order valence-electron chi connectivity index (χ3n) is 5.65. The van der Waals surface area contributed by atoms with Crippen LogP contribution in [0.3, 0.4) is 0 Å². The molecule has 3 rings (SSSR count). The van der Waals surface area contributed by atoms with Crippen LogP contribution < -0.4 is 22.1 Å². The van der Waals surface area contributed by atoms with Crippen molar-refractivity contribution < 1.29 is 14.4 Å². The van der Waals surface area contributed by atoms with Gasteiger partial charge in [-0.1, -0.05) is 72.5 Å². The fourth-order valence-electron chi connectivity index (χ4n) is 3.67. The van der Waals surface area contributed by atoms with Gasteiger partial charge in [-0.05, 0) is 48.7 Å². The number of nitrogens with zero attached hydrogens (tertiary/aromatic N) is 1. The molecule has 0 aromatic heterocycles. The van der Waals surface area contributed by atoms with Gasteiger partial charge in [-0.15, -0.1) is 0 Å². The second kappa shape index (κ2) is 14.0. The van der Waals surface area contributed by atoms with Crippen molar-refractivity contribution in [2.24, 2.45) is 16.5 Å². The predicted molar refractivity (Wildman–Crippen MR) is 148 cm³/mol. The fourth-order valence-corrected chi connectivity index (χ4v) is 3.67. The molecule has 8 heteroatoms. The molecule has 8 nitrogen and oxygen atoms in total. The van der Waals surface area contributed by atoms with Crippen LogP contribution in [-0.4, -0.2) is 42.2 Å². The van der Waals surface area contributed by atoms with E-state index in [1.54, 1.807) is 0 Å². The Hall–Kier alpha value is -4.90. The number of carbonyl (C=O) groups is 3. The highest BCUT2D eigenvalue weighted by molar-refractivity contribution is 5.92. The van der Waals surface area contributed by atoms with Crippen LogP contribution in [-0.2, 0) is 27.2 Å². The van der Waals surface area contributed by atoms with Crippen LogP contribution >= 0.6 is 0 Å². The average molecular weight is 510 g/mol. The lowest BCUT2D eigenvalue weighted by atomic mass is 10.0. The molecular formula is C30H31N5O3. The van der Waals surface area contributed by atoms with E-state index < -0.39 is 23.9 Å². The highest BCUT2D eigenvalue weighted by atomic mass is 16.2. The number of hydrogen-bond acceptors (Lipinski definition) is 4. The number of aliphatic imine (C=N–C) groups is 1. The zero-order valence-electron chi connectivity index (χ0n) is 21.2. The van der Waals surface area contributed by atoms with Gasteiger partial charge in [-0.2, -0.15) is 0 Å². The van der Waals surface area contributed by atoms with Crippen molar-refractivity contribution in [1.29, 1.82) is 0 Å². The Morgan fingerprint density at radius 1 is 0.789 bits per heavy atom. The summed E-state index contributed by atoms with van der Waals surface area (Å²) in [5, 5.41) is 5.25. The Labute approximate surface area is 222 Å². The molecule has 0 saturated carbocycles. The number of guanidine groups is 1. The molecule has 0 aliphatic heterocycles. The van der Waals surface area contributed by atoms with Gasteiger partial charge in [0.15, 0.2) is 11.7 Å². The third-order valence-corrected chi connectivity index (χ3v) is 5.65. The summed E-state index contributed by atoms with van der Waals surface area (Å²) in [6.07, 6.45) is 0.583. The van der Waals surface area contributed by atoms with Crippen LogP contribution in [0.5, 0.6) is 0 Å². The van der Waals surface area contributed by atoms with Gasteiger partial charge in [-0.25, -0.2) is 4.99 Å². The first-order chi connectivity index (χ1) is 18.3. The lowest BCUT2D eigenvalue weighted by Gasteiger charge is -2.17. The number of benzene rings is 3. The van der Waals surface area contributed by atoms with Gasteiger partial charge in [-0.3, -0.25) is 14.4 Å². The van der Waals surface area contributed by atoms with E-state index in [9.17, 15) is 14.4 Å². The average Bonchev–Trinajstić information content (AvgIpc) is 2.91. The SMILES string of the molecule is CC(=O)[C@H](Cc1ccc(C#Cc2ccccc2)cc1)NC(=O)CNC(=O)[C@@H](Cc1ccccc1)N=C(N)N. The van der Waals surface area contributed by atoms with Crippen molar-refractivity contribution in [2.75, 3.05) is 6.54 Å². The maximum Gasteiger partial charge on any atom is 0.245 e. The molecule has 0 aliphatic carbocycles. The maximum absolute atomic E-state index is 12.7. The molecule has 6 N–H and O–H groups in total. The van der Waals surface area contributed by atoms with E-state index in [0.717, 1.165) is 22.3 Å². The third kappa shape index (κ3) is 9.28. The fraction of sp³-hybridized carbons (Fsp3) is 0.200. The number of carbonyl (C=O) groups excluding carboxylic acids is 3. The minimum Gasteiger partial charge on any atom is -0.370 e. The van der Waals surface area contributed by atoms with Gasteiger partial charge in [0.1, 0.15) is 6.04 Å². The highest BCUT2D eigenvalue weighted by Gasteiger charge is 2.21. The zero-order valence-corrected chi connectivity index (χ0v) is 21.2. The second-order valence-corrected chi connectivity index (χ2v) is 8.73. The lowest BCUT2D eigenvalue weighted by Crippen LogP contribution is -2.47. The van der Waals surface area contributed by atoms with E-state index in [1.165, 1.54) is 6.92 Å².